The third-order valence-electron chi connectivity index (χ3n) is 5.60. The number of aliphatic imine (C=N–C) groups is 1. The van der Waals surface area contributed by atoms with Crippen LogP contribution in [0.4, 0.5) is 11.4 Å². The minimum Gasteiger partial charge on any atom is -0.507 e. The lowest BCUT2D eigenvalue weighted by atomic mass is 10.2. The highest BCUT2D eigenvalue weighted by Crippen LogP contribution is 2.34. The number of nitro benzene ring substituents is 1. The van der Waals surface area contributed by atoms with Crippen molar-refractivity contribution in [2.45, 2.75) is 11.8 Å². The van der Waals surface area contributed by atoms with E-state index in [1.807, 2.05) is 25.1 Å². The van der Waals surface area contributed by atoms with Gasteiger partial charge in [-0.1, -0.05) is 17.7 Å². The van der Waals surface area contributed by atoms with E-state index in [1.165, 1.54) is 24.4 Å². The molecule has 0 bridgehead atoms. The van der Waals surface area contributed by atoms with E-state index < -0.39 is 25.6 Å². The molecule has 0 unspecified atom stereocenters. The maximum absolute atomic E-state index is 12.6. The fraction of sp³-hybridized carbons (Fsp3) is 0.0370. The van der Waals surface area contributed by atoms with E-state index in [0.29, 0.717) is 33.8 Å². The maximum atomic E-state index is 12.6. The summed E-state index contributed by atoms with van der Waals surface area (Å²) in [5.41, 5.74) is 3.43. The van der Waals surface area contributed by atoms with E-state index in [0.717, 1.165) is 23.8 Å². The van der Waals surface area contributed by atoms with Crippen LogP contribution < -0.4 is 4.18 Å². The Morgan fingerprint density at radius 1 is 1.05 bits per heavy atom. The first-order valence-corrected chi connectivity index (χ1v) is 13.1. The van der Waals surface area contributed by atoms with E-state index in [9.17, 15) is 23.6 Å². The number of phenols is 1. The quantitative estimate of drug-likeness (QED) is 0.101. The van der Waals surface area contributed by atoms with Gasteiger partial charge < -0.3 is 13.7 Å². The molecule has 39 heavy (non-hydrogen) atoms. The van der Waals surface area contributed by atoms with Gasteiger partial charge in [-0.3, -0.25) is 15.1 Å². The maximum Gasteiger partial charge on any atom is 0.340 e. The molecule has 0 aliphatic rings. The van der Waals surface area contributed by atoms with Crippen LogP contribution in [0.5, 0.6) is 11.5 Å². The standard InChI is InChI=1S/C27H18ClN3O7S/c1-16-2-11-25-23(12-16)30-27(37-25)21-9-5-18(13-24(21)32)29-15-17-3-7-20(8-4-17)38-39(35,36)26-14-19(31(33)34)6-10-22(26)28/h2-15,32H,1H3. The van der Waals surface area contributed by atoms with Crippen molar-refractivity contribution in [3.8, 4) is 23.0 Å². The number of fused-ring (bicyclic) bond motifs is 1. The van der Waals surface area contributed by atoms with E-state index >= 15 is 0 Å². The molecule has 0 spiro atoms. The summed E-state index contributed by atoms with van der Waals surface area (Å²) in [4.78, 5) is 18.5. The van der Waals surface area contributed by atoms with Crippen molar-refractivity contribution in [1.82, 2.24) is 4.98 Å². The van der Waals surface area contributed by atoms with Crippen LogP contribution >= 0.6 is 11.6 Å². The van der Waals surface area contributed by atoms with Crippen LogP contribution in [0.1, 0.15) is 11.1 Å². The average Bonchev–Trinajstić information content (AvgIpc) is 3.31. The zero-order valence-corrected chi connectivity index (χ0v) is 21.7. The number of aryl methyl sites for hydroxylation is 1. The Bertz CT molecular complexity index is 1870. The second kappa shape index (κ2) is 10.2. The Labute approximate surface area is 227 Å². The first kappa shape index (κ1) is 25.9. The summed E-state index contributed by atoms with van der Waals surface area (Å²) < 4.78 is 36.1. The molecule has 5 aromatic rings. The predicted molar refractivity (Wildman–Crippen MR) is 145 cm³/mol. The number of nitrogens with zero attached hydrogens (tertiary/aromatic N) is 3. The van der Waals surface area contributed by atoms with E-state index in [2.05, 4.69) is 9.98 Å². The molecule has 0 atom stereocenters. The fourth-order valence-corrected chi connectivity index (χ4v) is 5.09. The summed E-state index contributed by atoms with van der Waals surface area (Å²) in [6.07, 6.45) is 1.52. The number of non-ortho nitro benzene ring substituents is 1. The van der Waals surface area contributed by atoms with Crippen LogP contribution in [-0.4, -0.2) is 29.6 Å². The average molecular weight is 564 g/mol. The molecule has 0 radical (unpaired) electrons. The number of rotatable bonds is 7. The highest BCUT2D eigenvalue weighted by Gasteiger charge is 2.24. The van der Waals surface area contributed by atoms with Crippen molar-refractivity contribution < 1.29 is 27.0 Å². The molecule has 0 aliphatic carbocycles. The number of aromatic nitrogens is 1. The van der Waals surface area contributed by atoms with Gasteiger partial charge in [-0.25, -0.2) is 4.98 Å². The molecule has 10 nitrogen and oxygen atoms in total. The van der Waals surface area contributed by atoms with Gasteiger partial charge in [-0.2, -0.15) is 8.42 Å². The van der Waals surface area contributed by atoms with Gasteiger partial charge in [0, 0.05) is 24.4 Å². The van der Waals surface area contributed by atoms with Crippen molar-refractivity contribution in [3.05, 3.63) is 105 Å². The summed E-state index contributed by atoms with van der Waals surface area (Å²) in [7, 11) is -4.42. The van der Waals surface area contributed by atoms with Crippen molar-refractivity contribution in [1.29, 1.82) is 0 Å². The van der Waals surface area contributed by atoms with Gasteiger partial charge in [-0.05, 0) is 72.6 Å². The first-order chi connectivity index (χ1) is 18.6. The van der Waals surface area contributed by atoms with Gasteiger partial charge in [0.2, 0.25) is 5.89 Å². The van der Waals surface area contributed by atoms with Crippen molar-refractivity contribution in [2.75, 3.05) is 0 Å². The van der Waals surface area contributed by atoms with Gasteiger partial charge in [0.15, 0.2) is 5.58 Å². The summed E-state index contributed by atoms with van der Waals surface area (Å²) in [5.74, 6) is 0.215. The lowest BCUT2D eigenvalue weighted by molar-refractivity contribution is -0.385. The lowest BCUT2D eigenvalue weighted by Gasteiger charge is -2.08. The first-order valence-electron chi connectivity index (χ1n) is 11.3. The van der Waals surface area contributed by atoms with Gasteiger partial charge in [0.1, 0.15) is 21.9 Å². The van der Waals surface area contributed by atoms with Gasteiger partial charge in [0.05, 0.1) is 21.2 Å². The van der Waals surface area contributed by atoms with Crippen LogP contribution in [0.2, 0.25) is 5.02 Å². The van der Waals surface area contributed by atoms with Crippen LogP contribution in [0.15, 0.2) is 93.2 Å². The van der Waals surface area contributed by atoms with E-state index in [1.54, 1.807) is 24.3 Å². The minimum absolute atomic E-state index is 0.0229. The lowest BCUT2D eigenvalue weighted by Crippen LogP contribution is -2.10. The molecule has 0 fully saturated rings. The Kier molecular flexibility index (Phi) is 6.77. The van der Waals surface area contributed by atoms with Crippen LogP contribution in [0, 0.1) is 17.0 Å². The largest absolute Gasteiger partial charge is 0.507 e. The number of benzene rings is 4. The molecule has 196 valence electrons. The third kappa shape index (κ3) is 5.59. The smallest absolute Gasteiger partial charge is 0.340 e. The van der Waals surface area contributed by atoms with Crippen LogP contribution in [0.3, 0.4) is 0 Å². The molecular formula is C27H18ClN3O7S. The highest BCUT2D eigenvalue weighted by atomic mass is 35.5. The van der Waals surface area contributed by atoms with Crippen LogP contribution in [0.25, 0.3) is 22.6 Å². The van der Waals surface area contributed by atoms with Gasteiger partial charge in [-0.15, -0.1) is 0 Å². The molecule has 0 aliphatic heterocycles. The molecular weight excluding hydrogens is 546 g/mol. The Morgan fingerprint density at radius 3 is 2.54 bits per heavy atom. The second-order valence-electron chi connectivity index (χ2n) is 8.43. The number of hydrogen-bond donors (Lipinski definition) is 1. The summed E-state index contributed by atoms with van der Waals surface area (Å²) in [6, 6.07) is 19.4. The molecule has 0 amide bonds. The summed E-state index contributed by atoms with van der Waals surface area (Å²) in [5, 5.41) is 21.3. The zero-order chi connectivity index (χ0) is 27.7. The summed E-state index contributed by atoms with van der Waals surface area (Å²) >= 11 is 5.93. The van der Waals surface area contributed by atoms with Crippen LogP contribution in [-0.2, 0) is 10.1 Å². The molecule has 1 aromatic heterocycles. The molecule has 0 saturated heterocycles. The molecule has 0 saturated carbocycles. The number of hydrogen-bond acceptors (Lipinski definition) is 9. The van der Waals surface area contributed by atoms with E-state index in [-0.39, 0.29) is 16.5 Å². The topological polar surface area (TPSA) is 145 Å². The van der Waals surface area contributed by atoms with Crippen molar-refractivity contribution in [3.63, 3.8) is 0 Å². The fourth-order valence-electron chi connectivity index (χ4n) is 3.66. The van der Waals surface area contributed by atoms with E-state index in [4.69, 9.17) is 20.2 Å². The SMILES string of the molecule is Cc1ccc2oc(-c3ccc(N=Cc4ccc(OS(=O)(=O)c5cc([N+](=O)[O-])ccc5Cl)cc4)cc3O)nc2c1. The number of oxazole rings is 1. The third-order valence-corrected chi connectivity index (χ3v) is 7.33. The monoisotopic (exact) mass is 563 g/mol. The van der Waals surface area contributed by atoms with Crippen molar-refractivity contribution >= 4 is 50.4 Å². The Hall–Kier alpha value is -4.74. The normalized spacial score (nSPS) is 11.7. The van der Waals surface area contributed by atoms with Gasteiger partial charge >= 0.3 is 10.1 Å². The second-order valence-corrected chi connectivity index (χ2v) is 10.4. The zero-order valence-electron chi connectivity index (χ0n) is 20.1. The highest BCUT2D eigenvalue weighted by molar-refractivity contribution is 7.87. The predicted octanol–water partition coefficient (Wildman–Crippen LogP) is 6.59. The number of aromatic hydroxyl groups is 1. The number of nitro groups is 1. The number of halogens is 1. The van der Waals surface area contributed by atoms with Gasteiger partial charge in [0.25, 0.3) is 5.69 Å². The molecule has 1 heterocycles. The minimum atomic E-state index is -4.42. The Morgan fingerprint density at radius 2 is 1.82 bits per heavy atom. The Balaban J connectivity index is 1.30. The molecule has 5 rings (SSSR count). The van der Waals surface area contributed by atoms with Crippen molar-refractivity contribution in [2.24, 2.45) is 4.99 Å². The molecule has 4 aromatic carbocycles. The molecule has 12 heteroatoms. The number of phenolic OH excluding ortho intramolecular Hbond substituents is 1. The summed E-state index contributed by atoms with van der Waals surface area (Å²) in [6.45, 7) is 1.96. The molecule has 1 N–H and O–H groups in total.